The number of unbranched alkanes of at least 4 members (excludes halogenated alkanes) is 7. The average molecular weight is 420 g/mol. The first-order valence-electron chi connectivity index (χ1n) is 11.8. The van der Waals surface area contributed by atoms with E-state index in [-0.39, 0.29) is 0 Å². The van der Waals surface area contributed by atoms with Gasteiger partial charge in [-0.3, -0.25) is 4.90 Å². The van der Waals surface area contributed by atoms with Crippen molar-refractivity contribution < 1.29 is 4.43 Å². The summed E-state index contributed by atoms with van der Waals surface area (Å²) in [5.41, 5.74) is 1.56. The molecule has 0 atom stereocenters. The summed E-state index contributed by atoms with van der Waals surface area (Å²) >= 11 is 0. The lowest BCUT2D eigenvalue weighted by molar-refractivity contribution is 0.214. The van der Waals surface area contributed by atoms with Crippen LogP contribution >= 0.6 is 0 Å². The molecule has 0 fully saturated rings. The van der Waals surface area contributed by atoms with Gasteiger partial charge in [-0.15, -0.1) is 0 Å². The molecule has 0 saturated carbocycles. The summed E-state index contributed by atoms with van der Waals surface area (Å²) < 4.78 is 6.46. The van der Waals surface area contributed by atoms with Crippen molar-refractivity contribution in [1.29, 1.82) is 0 Å². The van der Waals surface area contributed by atoms with Gasteiger partial charge < -0.3 is 4.43 Å². The van der Waals surface area contributed by atoms with Crippen LogP contribution in [0.15, 0.2) is 24.3 Å². The van der Waals surface area contributed by atoms with E-state index in [2.05, 4.69) is 62.3 Å². The zero-order chi connectivity index (χ0) is 20.5. The van der Waals surface area contributed by atoms with Crippen LogP contribution in [-0.4, -0.2) is 40.6 Å². The minimum absolute atomic E-state index is 0.920. The van der Waals surface area contributed by atoms with E-state index in [1.165, 1.54) is 63.6 Å². The summed E-state index contributed by atoms with van der Waals surface area (Å²) in [7, 11) is -2.82. The third-order valence-electron chi connectivity index (χ3n) is 6.29. The molecule has 4 heteroatoms. The van der Waals surface area contributed by atoms with E-state index in [4.69, 9.17) is 4.43 Å². The minimum Gasteiger partial charge on any atom is -0.416 e. The summed E-state index contributed by atoms with van der Waals surface area (Å²) in [6.45, 7) is 15.3. The van der Waals surface area contributed by atoms with Gasteiger partial charge >= 0.3 is 0 Å². The molecule has 0 radical (unpaired) electrons. The molecular formula is C24H45NOSi2. The van der Waals surface area contributed by atoms with Crippen LogP contribution in [0, 0.1) is 0 Å². The van der Waals surface area contributed by atoms with Crippen LogP contribution < -0.4 is 5.19 Å². The van der Waals surface area contributed by atoms with Crippen molar-refractivity contribution in [3.05, 3.63) is 29.8 Å². The van der Waals surface area contributed by atoms with E-state index in [9.17, 15) is 0 Å². The normalized spacial score (nSPS) is 16.9. The lowest BCUT2D eigenvalue weighted by Crippen LogP contribution is -2.58. The first-order chi connectivity index (χ1) is 13.3. The van der Waals surface area contributed by atoms with Gasteiger partial charge in [0.15, 0.2) is 8.32 Å². The molecular weight excluding hydrogens is 374 g/mol. The first kappa shape index (κ1) is 23.8. The summed E-state index contributed by atoms with van der Waals surface area (Å²) in [6.07, 6.45) is 12.5. The number of hydrogen-bond acceptors (Lipinski definition) is 2. The third kappa shape index (κ3) is 8.13. The van der Waals surface area contributed by atoms with E-state index in [0.717, 1.165) is 19.7 Å². The Morgan fingerprint density at radius 1 is 0.964 bits per heavy atom. The molecule has 0 spiro atoms. The Morgan fingerprint density at radius 3 is 2.32 bits per heavy atom. The van der Waals surface area contributed by atoms with Crippen LogP contribution in [0.5, 0.6) is 0 Å². The van der Waals surface area contributed by atoms with Gasteiger partial charge in [0.25, 0.3) is 0 Å². The average Bonchev–Trinajstić information content (AvgIpc) is 2.63. The Labute approximate surface area is 177 Å². The second kappa shape index (κ2) is 11.7. The topological polar surface area (TPSA) is 12.5 Å². The van der Waals surface area contributed by atoms with E-state index >= 15 is 0 Å². The molecule has 1 aliphatic heterocycles. The molecule has 0 saturated heterocycles. The van der Waals surface area contributed by atoms with Gasteiger partial charge in [0, 0.05) is 19.7 Å². The Balaban J connectivity index is 1.63. The lowest BCUT2D eigenvalue weighted by atomic mass is 10.1. The van der Waals surface area contributed by atoms with Crippen molar-refractivity contribution >= 4 is 21.6 Å². The molecule has 2 rings (SSSR count). The maximum absolute atomic E-state index is 6.46. The van der Waals surface area contributed by atoms with Crippen LogP contribution in [0.2, 0.25) is 32.2 Å². The van der Waals surface area contributed by atoms with Crippen molar-refractivity contribution in [1.82, 2.24) is 4.90 Å². The van der Waals surface area contributed by atoms with Crippen molar-refractivity contribution in [3.63, 3.8) is 0 Å². The Hall–Kier alpha value is -0.426. The highest BCUT2D eigenvalue weighted by Gasteiger charge is 2.33. The molecule has 1 aromatic rings. The number of fused-ring (bicyclic) bond motifs is 1. The molecule has 1 aromatic carbocycles. The molecule has 0 N–H and O–H groups in total. The van der Waals surface area contributed by atoms with E-state index in [1.54, 1.807) is 10.8 Å². The Kier molecular flexibility index (Phi) is 9.95. The van der Waals surface area contributed by atoms with Crippen molar-refractivity contribution in [2.24, 2.45) is 0 Å². The van der Waals surface area contributed by atoms with Crippen LogP contribution in [0.4, 0.5) is 0 Å². The Morgan fingerprint density at radius 2 is 1.61 bits per heavy atom. The van der Waals surface area contributed by atoms with Gasteiger partial charge in [0.2, 0.25) is 0 Å². The maximum atomic E-state index is 6.46. The SMILES string of the molecule is CCCCCCCCCC[Si](C)(C)OCCN1Cc2ccccc2[Si](C)(C)C1. The zero-order valence-corrected chi connectivity index (χ0v) is 21.4. The highest BCUT2D eigenvalue weighted by molar-refractivity contribution is 6.90. The van der Waals surface area contributed by atoms with Gasteiger partial charge in [-0.25, -0.2) is 0 Å². The van der Waals surface area contributed by atoms with Crippen LogP contribution in [0.3, 0.4) is 0 Å². The molecule has 0 unspecified atom stereocenters. The molecule has 28 heavy (non-hydrogen) atoms. The number of nitrogens with zero attached hydrogens (tertiary/aromatic N) is 1. The van der Waals surface area contributed by atoms with Crippen molar-refractivity contribution in [2.45, 2.75) is 97.1 Å². The van der Waals surface area contributed by atoms with Crippen molar-refractivity contribution in [2.75, 3.05) is 19.3 Å². The fourth-order valence-electron chi connectivity index (χ4n) is 4.63. The van der Waals surface area contributed by atoms with Gasteiger partial charge in [0.05, 0.1) is 8.07 Å². The van der Waals surface area contributed by atoms with Gasteiger partial charge in [-0.05, 0) is 30.9 Å². The minimum atomic E-state index is -1.49. The number of rotatable bonds is 13. The standard InChI is InChI=1S/C24H45NOSi2/c1-6-7-8-9-10-11-12-15-20-28(4,5)26-19-18-25-21-23-16-13-14-17-24(23)27(2,3)22-25/h13-14,16-17H,6-12,15,18-22H2,1-5H3. The largest absolute Gasteiger partial charge is 0.416 e. The smallest absolute Gasteiger partial charge is 0.186 e. The number of benzene rings is 1. The van der Waals surface area contributed by atoms with E-state index in [1.807, 2.05) is 0 Å². The summed E-state index contributed by atoms with van der Waals surface area (Å²) in [6, 6.07) is 10.4. The first-order valence-corrected chi connectivity index (χ1v) is 18.1. The van der Waals surface area contributed by atoms with Crippen molar-refractivity contribution in [3.8, 4) is 0 Å². The number of hydrogen-bond donors (Lipinski definition) is 0. The molecule has 1 heterocycles. The second-order valence-electron chi connectivity index (χ2n) is 10.1. The fraction of sp³-hybridized carbons (Fsp3) is 0.750. The molecule has 1 aliphatic rings. The monoisotopic (exact) mass is 419 g/mol. The predicted octanol–water partition coefficient (Wildman–Crippen LogP) is 6.32. The summed E-state index contributed by atoms with van der Waals surface area (Å²) in [5.74, 6) is 0. The van der Waals surface area contributed by atoms with Gasteiger partial charge in [-0.2, -0.15) is 0 Å². The van der Waals surface area contributed by atoms with Crippen LogP contribution in [-0.2, 0) is 11.0 Å². The zero-order valence-electron chi connectivity index (χ0n) is 19.4. The molecule has 0 aromatic heterocycles. The third-order valence-corrected chi connectivity index (χ3v) is 12.0. The van der Waals surface area contributed by atoms with Gasteiger partial charge in [-0.1, -0.05) is 101 Å². The summed E-state index contributed by atoms with van der Waals surface area (Å²) in [5, 5.41) is 1.66. The Bertz CT molecular complexity index is 573. The maximum Gasteiger partial charge on any atom is 0.186 e. The molecule has 0 aliphatic carbocycles. The lowest BCUT2D eigenvalue weighted by Gasteiger charge is -2.39. The quantitative estimate of drug-likeness (QED) is 0.274. The predicted molar refractivity (Wildman–Crippen MR) is 130 cm³/mol. The summed E-state index contributed by atoms with van der Waals surface area (Å²) in [4.78, 5) is 2.65. The van der Waals surface area contributed by atoms with Crippen LogP contribution in [0.1, 0.15) is 63.9 Å². The fourth-order valence-corrected chi connectivity index (χ4v) is 9.65. The second-order valence-corrected chi connectivity index (χ2v) is 19.0. The van der Waals surface area contributed by atoms with Gasteiger partial charge in [0.1, 0.15) is 0 Å². The van der Waals surface area contributed by atoms with Crippen LogP contribution in [0.25, 0.3) is 0 Å². The molecule has 0 amide bonds. The molecule has 160 valence electrons. The molecule has 2 nitrogen and oxygen atoms in total. The van der Waals surface area contributed by atoms with E-state index in [0.29, 0.717) is 0 Å². The highest BCUT2D eigenvalue weighted by atomic mass is 28.4. The highest BCUT2D eigenvalue weighted by Crippen LogP contribution is 2.20. The molecule has 0 bridgehead atoms. The van der Waals surface area contributed by atoms with E-state index < -0.39 is 16.4 Å².